The van der Waals surface area contributed by atoms with Crippen LogP contribution in [0.1, 0.15) is 55.4 Å². The highest BCUT2D eigenvalue weighted by molar-refractivity contribution is 7.26. The second kappa shape index (κ2) is 15.1. The first-order chi connectivity index (χ1) is 23.7. The van der Waals surface area contributed by atoms with E-state index in [1.165, 1.54) is 76.9 Å². The van der Waals surface area contributed by atoms with Gasteiger partial charge in [0, 0.05) is 36.6 Å². The molecule has 0 spiro atoms. The van der Waals surface area contributed by atoms with Crippen molar-refractivity contribution in [3.05, 3.63) is 135 Å². The van der Waals surface area contributed by atoms with Gasteiger partial charge in [0.25, 0.3) is 0 Å². The Balaban J connectivity index is 0.000000540. The van der Waals surface area contributed by atoms with Gasteiger partial charge in [0.15, 0.2) is 6.71 Å². The van der Waals surface area contributed by atoms with E-state index in [-0.39, 0.29) is 0 Å². The van der Waals surface area contributed by atoms with Gasteiger partial charge in [0.1, 0.15) is 0 Å². The molecule has 8 rings (SSSR count). The van der Waals surface area contributed by atoms with Crippen LogP contribution in [-0.2, 0) is 0 Å². The molecule has 0 unspecified atom stereocenters. The van der Waals surface area contributed by atoms with Crippen LogP contribution in [-0.4, -0.2) is 11.3 Å². The predicted molar refractivity (Wildman–Crippen MR) is 225 cm³/mol. The molecule has 0 radical (unpaired) electrons. The highest BCUT2D eigenvalue weighted by atomic mass is 32.1. The minimum absolute atomic E-state index is 0.350. The molecule has 3 heteroatoms. The number of para-hydroxylation sites is 1. The molecule has 7 aromatic rings. The van der Waals surface area contributed by atoms with Crippen molar-refractivity contribution in [3.63, 3.8) is 0 Å². The van der Waals surface area contributed by atoms with Gasteiger partial charge in [-0.3, -0.25) is 0 Å². The highest BCUT2D eigenvalue weighted by Gasteiger charge is 2.48. The summed E-state index contributed by atoms with van der Waals surface area (Å²) in [5.41, 5.74) is 8.53. The summed E-state index contributed by atoms with van der Waals surface area (Å²) in [6, 6.07) is 40.8. The van der Waals surface area contributed by atoms with Crippen LogP contribution in [0.5, 0.6) is 0 Å². The van der Waals surface area contributed by atoms with Crippen LogP contribution in [0, 0.1) is 10.8 Å². The fraction of sp³-hybridized carbons (Fsp3) is 0.261. The van der Waals surface area contributed by atoms with E-state index in [0.717, 1.165) is 0 Å². The molecule has 0 atom stereocenters. The maximum Gasteiger partial charge on any atom is 0.177 e. The highest BCUT2D eigenvalue weighted by Crippen LogP contribution is 2.52. The van der Waals surface area contributed by atoms with E-state index >= 15 is 0 Å². The van der Waals surface area contributed by atoms with Crippen LogP contribution in [0.2, 0.25) is 12.6 Å². The van der Waals surface area contributed by atoms with Crippen molar-refractivity contribution in [2.45, 2.75) is 68.0 Å². The van der Waals surface area contributed by atoms with E-state index in [1.54, 1.807) is 12.2 Å². The van der Waals surface area contributed by atoms with Gasteiger partial charge in [0.2, 0.25) is 0 Å². The molecule has 0 bridgehead atoms. The molecular formula is C46H52BNS. The summed E-state index contributed by atoms with van der Waals surface area (Å²) in [4.78, 5) is 0. The van der Waals surface area contributed by atoms with Crippen LogP contribution in [0.4, 0.5) is 0 Å². The van der Waals surface area contributed by atoms with Gasteiger partial charge in [-0.05, 0) is 52.3 Å². The average molecular weight is 662 g/mol. The maximum absolute atomic E-state index is 3.36. The average Bonchev–Trinajstić information content (AvgIpc) is 3.76. The lowest BCUT2D eigenvalue weighted by molar-refractivity contribution is 0.177. The van der Waals surface area contributed by atoms with Crippen molar-refractivity contribution in [1.82, 2.24) is 4.57 Å². The molecular weight excluding hydrogens is 609 g/mol. The number of allylic oxidation sites excluding steroid dienone is 2. The second-order valence-corrected chi connectivity index (χ2v) is 14.9. The normalized spacial score (nSPS) is 14.4. The number of fused-ring (bicyclic) bond motifs is 6. The first-order valence-electron chi connectivity index (χ1n) is 18.0. The zero-order valence-electron chi connectivity index (χ0n) is 30.8. The third kappa shape index (κ3) is 6.66. The molecule has 5 aromatic carbocycles. The fourth-order valence-electron chi connectivity index (χ4n) is 7.38. The van der Waals surface area contributed by atoms with Crippen molar-refractivity contribution in [1.29, 1.82) is 0 Å². The third-order valence-electron chi connectivity index (χ3n) is 10.5. The Morgan fingerprint density at radius 1 is 0.612 bits per heavy atom. The van der Waals surface area contributed by atoms with Crippen molar-refractivity contribution in [2.24, 2.45) is 10.8 Å². The summed E-state index contributed by atoms with van der Waals surface area (Å²) in [7, 11) is 0. The van der Waals surface area contributed by atoms with Gasteiger partial charge >= 0.3 is 0 Å². The summed E-state index contributed by atoms with van der Waals surface area (Å²) < 4.78 is 5.16. The predicted octanol–water partition coefficient (Wildman–Crippen LogP) is 14.0. The Morgan fingerprint density at radius 3 is 1.84 bits per heavy atom. The molecule has 1 nitrogen and oxygen atoms in total. The van der Waals surface area contributed by atoms with Gasteiger partial charge in [-0.25, -0.2) is 0 Å². The number of hydrogen-bond acceptors (Lipinski definition) is 1. The molecule has 1 aliphatic rings. The number of nitrogens with zero attached hydrogens (tertiary/aromatic N) is 1. The van der Waals surface area contributed by atoms with Crippen LogP contribution in [0.15, 0.2) is 135 Å². The quantitative estimate of drug-likeness (QED) is 0.131. The molecule has 250 valence electrons. The van der Waals surface area contributed by atoms with E-state index in [2.05, 4.69) is 155 Å². The second-order valence-electron chi connectivity index (χ2n) is 13.8. The maximum atomic E-state index is 3.36. The van der Waals surface area contributed by atoms with E-state index in [1.807, 2.05) is 39.0 Å². The lowest BCUT2D eigenvalue weighted by Crippen LogP contribution is -2.27. The molecule has 1 saturated heterocycles. The Morgan fingerprint density at radius 2 is 1.18 bits per heavy atom. The molecule has 0 aliphatic carbocycles. The third-order valence-corrected chi connectivity index (χ3v) is 11.7. The Labute approximate surface area is 299 Å². The van der Waals surface area contributed by atoms with Crippen LogP contribution < -0.4 is 5.46 Å². The summed E-state index contributed by atoms with van der Waals surface area (Å²) >= 11 is 1.89. The largest absolute Gasteiger partial charge is 0.309 e. The molecule has 0 amide bonds. The fourth-order valence-corrected chi connectivity index (χ4v) is 8.62. The van der Waals surface area contributed by atoms with E-state index in [0.29, 0.717) is 17.5 Å². The van der Waals surface area contributed by atoms with Gasteiger partial charge in [-0.1, -0.05) is 178 Å². The monoisotopic (exact) mass is 661 g/mol. The molecule has 2 aromatic heterocycles. The standard InChI is InChI=1S/C38H34BNS.C4H6.2C2H6/c1-37(2)23-39(24-38(37,3)4)26-18-21-34-32(22-26)29-10-5-7-14-33(29)40(34)27-19-16-25(17-20-27)28-12-9-13-31-30-11-6-8-15-35(30)41-36(28)31;1-3-4-2;2*1-2/h5-22H,23-24H2,1-4H3;3-4H,1-2H2;2*1-2H3. The molecule has 1 fully saturated rings. The van der Waals surface area contributed by atoms with Crippen molar-refractivity contribution in [2.75, 3.05) is 0 Å². The first-order valence-corrected chi connectivity index (χ1v) is 18.8. The molecule has 3 heterocycles. The zero-order valence-corrected chi connectivity index (χ0v) is 31.6. The van der Waals surface area contributed by atoms with Crippen molar-refractivity contribution in [3.8, 4) is 16.8 Å². The number of hydrogen-bond donors (Lipinski definition) is 0. The minimum atomic E-state index is 0.350. The summed E-state index contributed by atoms with van der Waals surface area (Å²) in [5.74, 6) is 0. The van der Waals surface area contributed by atoms with Crippen LogP contribution >= 0.6 is 11.3 Å². The Kier molecular flexibility index (Phi) is 11.0. The van der Waals surface area contributed by atoms with E-state index in [4.69, 9.17) is 0 Å². The van der Waals surface area contributed by atoms with E-state index in [9.17, 15) is 0 Å². The number of thiophene rings is 1. The number of benzene rings is 5. The SMILES string of the molecule is C=CC=C.CC.CC.CC1(C)CB(c2ccc3c(c2)c2ccccc2n3-c2ccc(-c3cccc4c3sc3ccccc34)cc2)CC1(C)C. The Bertz CT molecular complexity index is 2190. The van der Waals surface area contributed by atoms with Crippen molar-refractivity contribution < 1.29 is 0 Å². The number of aromatic nitrogens is 1. The lowest BCUT2D eigenvalue weighted by atomic mass is 9.42. The summed E-state index contributed by atoms with van der Waals surface area (Å²) in [6.07, 6.45) is 5.77. The molecule has 0 N–H and O–H groups in total. The van der Waals surface area contributed by atoms with Crippen LogP contribution in [0.25, 0.3) is 58.8 Å². The smallest absolute Gasteiger partial charge is 0.177 e. The molecule has 1 aliphatic heterocycles. The Hall–Kier alpha value is -4.34. The van der Waals surface area contributed by atoms with Gasteiger partial charge in [-0.2, -0.15) is 0 Å². The lowest BCUT2D eigenvalue weighted by Gasteiger charge is -2.35. The molecule has 49 heavy (non-hydrogen) atoms. The van der Waals surface area contributed by atoms with Gasteiger partial charge in [-0.15, -0.1) is 11.3 Å². The summed E-state index contributed by atoms with van der Waals surface area (Å²) in [5, 5.41) is 5.39. The minimum Gasteiger partial charge on any atom is -0.309 e. The topological polar surface area (TPSA) is 4.93 Å². The first kappa shape index (κ1) is 36.0. The molecule has 0 saturated carbocycles. The van der Waals surface area contributed by atoms with Gasteiger partial charge in [0.05, 0.1) is 11.0 Å². The van der Waals surface area contributed by atoms with E-state index < -0.39 is 0 Å². The van der Waals surface area contributed by atoms with Gasteiger partial charge < -0.3 is 4.57 Å². The van der Waals surface area contributed by atoms with Crippen LogP contribution in [0.3, 0.4) is 0 Å². The number of rotatable bonds is 4. The zero-order chi connectivity index (χ0) is 35.3. The summed E-state index contributed by atoms with van der Waals surface area (Å²) in [6.45, 7) is 25.1. The van der Waals surface area contributed by atoms with Crippen molar-refractivity contribution >= 4 is 65.5 Å².